The minimum absolute atomic E-state index is 0.269. The highest BCUT2D eigenvalue weighted by Crippen LogP contribution is 2.48. The Morgan fingerprint density at radius 3 is 1.54 bits per heavy atom. The molecule has 0 radical (unpaired) electrons. The molecule has 0 heterocycles. The van der Waals surface area contributed by atoms with Gasteiger partial charge in [0.05, 0.1) is 12.5 Å². The lowest BCUT2D eigenvalue weighted by atomic mass is 9.65. The third-order valence-electron chi connectivity index (χ3n) is 5.24. The fourth-order valence-electron chi connectivity index (χ4n) is 3.97. The highest BCUT2D eigenvalue weighted by molar-refractivity contribution is 5.63. The zero-order chi connectivity index (χ0) is 19.4. The molecule has 0 aliphatic rings. The van der Waals surface area contributed by atoms with Gasteiger partial charge in [0.15, 0.2) is 0 Å². The Bertz CT molecular complexity index is 999. The van der Waals surface area contributed by atoms with Crippen LogP contribution in [0, 0.1) is 0 Å². The van der Waals surface area contributed by atoms with Gasteiger partial charge in [-0.3, -0.25) is 0 Å². The van der Waals surface area contributed by atoms with Crippen LogP contribution in [0.1, 0.15) is 22.3 Å². The number of aromatic hydroxyl groups is 1. The minimum Gasteiger partial charge on any atom is -0.508 e. The predicted molar refractivity (Wildman–Crippen MR) is 113 cm³/mol. The molecule has 138 valence electrons. The van der Waals surface area contributed by atoms with E-state index in [0.717, 1.165) is 28.0 Å². The zero-order valence-electron chi connectivity index (χ0n) is 15.7. The number of hydrogen-bond donors (Lipinski definition) is 1. The van der Waals surface area contributed by atoms with E-state index in [-0.39, 0.29) is 5.75 Å². The molecule has 0 amide bonds. The van der Waals surface area contributed by atoms with Crippen molar-refractivity contribution in [2.45, 2.75) is 5.41 Å². The second-order valence-electron chi connectivity index (χ2n) is 6.73. The van der Waals surface area contributed by atoms with Crippen molar-refractivity contribution in [3.63, 3.8) is 0 Å². The highest BCUT2D eigenvalue weighted by Gasteiger charge is 2.40. The number of benzene rings is 4. The number of phenolic OH excluding ortho intramolecular Hbond substituents is 1. The molecule has 0 saturated heterocycles. The number of rotatable bonds is 5. The van der Waals surface area contributed by atoms with E-state index < -0.39 is 5.41 Å². The van der Waals surface area contributed by atoms with Crippen molar-refractivity contribution < 1.29 is 9.84 Å². The maximum absolute atomic E-state index is 10.9. The molecule has 2 heteroatoms. The van der Waals surface area contributed by atoms with E-state index in [2.05, 4.69) is 36.4 Å². The lowest BCUT2D eigenvalue weighted by molar-refractivity contribution is 0.414. The number of ether oxygens (including phenoxy) is 1. The molecule has 2 nitrogen and oxygen atoms in total. The van der Waals surface area contributed by atoms with Crippen LogP contribution in [0.5, 0.6) is 11.5 Å². The van der Waals surface area contributed by atoms with Crippen molar-refractivity contribution >= 4 is 0 Å². The first-order chi connectivity index (χ1) is 13.8. The number of methoxy groups -OCH3 is 1. The number of phenols is 1. The first-order valence-corrected chi connectivity index (χ1v) is 9.31. The summed E-state index contributed by atoms with van der Waals surface area (Å²) in [6.07, 6.45) is 0. The van der Waals surface area contributed by atoms with Crippen LogP contribution in [-0.4, -0.2) is 12.2 Å². The SMILES string of the molecule is COc1ccc(C(c2ccccc2)(c2ccccc2)c2ccccc2O)cc1. The average molecular weight is 366 g/mol. The standard InChI is InChI=1S/C26H22O2/c1-28-23-18-16-22(17-19-23)26(20-10-4-2-5-11-20,21-12-6-3-7-13-21)24-14-8-9-15-25(24)27/h2-19,27H,1H3. The predicted octanol–water partition coefficient (Wildman–Crippen LogP) is 5.78. The van der Waals surface area contributed by atoms with E-state index >= 15 is 0 Å². The van der Waals surface area contributed by atoms with Gasteiger partial charge >= 0.3 is 0 Å². The van der Waals surface area contributed by atoms with Crippen LogP contribution >= 0.6 is 0 Å². The summed E-state index contributed by atoms with van der Waals surface area (Å²) in [5.74, 6) is 1.07. The molecule has 0 bridgehead atoms. The average Bonchev–Trinajstić information content (AvgIpc) is 2.77. The number of para-hydroxylation sites is 1. The van der Waals surface area contributed by atoms with E-state index in [1.54, 1.807) is 13.2 Å². The molecule has 0 spiro atoms. The third-order valence-corrected chi connectivity index (χ3v) is 5.24. The minimum atomic E-state index is -0.653. The maximum atomic E-state index is 10.9. The summed E-state index contributed by atoms with van der Waals surface area (Å²) in [6.45, 7) is 0. The van der Waals surface area contributed by atoms with Crippen molar-refractivity contribution in [3.8, 4) is 11.5 Å². The summed E-state index contributed by atoms with van der Waals surface area (Å²) in [5, 5.41) is 10.9. The molecular formula is C26H22O2. The Morgan fingerprint density at radius 2 is 1.04 bits per heavy atom. The third kappa shape index (κ3) is 2.93. The van der Waals surface area contributed by atoms with Gasteiger partial charge < -0.3 is 9.84 Å². The molecule has 0 saturated carbocycles. The first-order valence-electron chi connectivity index (χ1n) is 9.31. The molecule has 28 heavy (non-hydrogen) atoms. The van der Waals surface area contributed by atoms with Gasteiger partial charge in [-0.2, -0.15) is 0 Å². The van der Waals surface area contributed by atoms with Crippen LogP contribution in [0.2, 0.25) is 0 Å². The van der Waals surface area contributed by atoms with Gasteiger partial charge in [-0.15, -0.1) is 0 Å². The molecule has 0 aliphatic carbocycles. The van der Waals surface area contributed by atoms with Crippen LogP contribution in [0.3, 0.4) is 0 Å². The van der Waals surface area contributed by atoms with E-state index in [4.69, 9.17) is 4.74 Å². The molecule has 4 aromatic carbocycles. The van der Waals surface area contributed by atoms with E-state index in [1.807, 2.05) is 66.7 Å². The molecule has 0 unspecified atom stereocenters. The first kappa shape index (κ1) is 17.9. The normalized spacial score (nSPS) is 11.2. The van der Waals surface area contributed by atoms with Crippen molar-refractivity contribution in [1.29, 1.82) is 0 Å². The molecule has 4 aromatic rings. The fourth-order valence-corrected chi connectivity index (χ4v) is 3.97. The lowest BCUT2D eigenvalue weighted by Crippen LogP contribution is -2.31. The van der Waals surface area contributed by atoms with E-state index in [1.165, 1.54) is 0 Å². The summed E-state index contributed by atoms with van der Waals surface area (Å²) in [5.41, 5.74) is 3.44. The van der Waals surface area contributed by atoms with Gasteiger partial charge in [0, 0.05) is 5.56 Å². The molecule has 0 atom stereocenters. The van der Waals surface area contributed by atoms with Crippen molar-refractivity contribution in [1.82, 2.24) is 0 Å². The topological polar surface area (TPSA) is 29.5 Å². The Balaban J connectivity index is 2.13. The molecular weight excluding hydrogens is 344 g/mol. The van der Waals surface area contributed by atoms with Crippen LogP contribution in [0.15, 0.2) is 109 Å². The summed E-state index contributed by atoms with van der Waals surface area (Å²) in [4.78, 5) is 0. The summed E-state index contributed by atoms with van der Waals surface area (Å²) in [6, 6.07) is 36.3. The van der Waals surface area contributed by atoms with Crippen LogP contribution < -0.4 is 4.74 Å². The van der Waals surface area contributed by atoms with E-state index in [9.17, 15) is 5.11 Å². The largest absolute Gasteiger partial charge is 0.508 e. The Labute approximate surface area is 165 Å². The fraction of sp³-hybridized carbons (Fsp3) is 0.0769. The van der Waals surface area contributed by atoms with Gasteiger partial charge in [-0.25, -0.2) is 0 Å². The van der Waals surface area contributed by atoms with Crippen molar-refractivity contribution in [2.24, 2.45) is 0 Å². The molecule has 0 aromatic heterocycles. The quantitative estimate of drug-likeness (QED) is 0.453. The van der Waals surface area contributed by atoms with Crippen LogP contribution in [0.25, 0.3) is 0 Å². The Kier molecular flexibility index (Phi) is 4.86. The van der Waals surface area contributed by atoms with Crippen molar-refractivity contribution in [2.75, 3.05) is 7.11 Å². The summed E-state index contributed by atoms with van der Waals surface area (Å²) in [7, 11) is 1.67. The molecule has 0 aliphatic heterocycles. The van der Waals surface area contributed by atoms with Gasteiger partial charge in [0.25, 0.3) is 0 Å². The summed E-state index contributed by atoms with van der Waals surface area (Å²) < 4.78 is 5.37. The number of hydrogen-bond acceptors (Lipinski definition) is 2. The van der Waals surface area contributed by atoms with Gasteiger partial charge in [-0.1, -0.05) is 91.0 Å². The van der Waals surface area contributed by atoms with Crippen LogP contribution in [0.4, 0.5) is 0 Å². The second-order valence-corrected chi connectivity index (χ2v) is 6.73. The highest BCUT2D eigenvalue weighted by atomic mass is 16.5. The van der Waals surface area contributed by atoms with Crippen molar-refractivity contribution in [3.05, 3.63) is 131 Å². The zero-order valence-corrected chi connectivity index (χ0v) is 15.7. The molecule has 0 fully saturated rings. The molecule has 1 N–H and O–H groups in total. The summed E-state index contributed by atoms with van der Waals surface area (Å²) >= 11 is 0. The smallest absolute Gasteiger partial charge is 0.120 e. The van der Waals surface area contributed by atoms with Gasteiger partial charge in [0.2, 0.25) is 0 Å². The van der Waals surface area contributed by atoms with Gasteiger partial charge in [-0.05, 0) is 34.9 Å². The Hall–Kier alpha value is -3.52. The van der Waals surface area contributed by atoms with Crippen LogP contribution in [-0.2, 0) is 5.41 Å². The maximum Gasteiger partial charge on any atom is 0.120 e. The monoisotopic (exact) mass is 366 g/mol. The van der Waals surface area contributed by atoms with E-state index in [0.29, 0.717) is 0 Å². The molecule has 4 rings (SSSR count). The van der Waals surface area contributed by atoms with Gasteiger partial charge in [0.1, 0.15) is 11.5 Å². The second kappa shape index (κ2) is 7.61. The Morgan fingerprint density at radius 1 is 0.571 bits per heavy atom. The lowest BCUT2D eigenvalue weighted by Gasteiger charge is -2.37.